The zero-order chi connectivity index (χ0) is 16.3. The Balaban J connectivity index is 0.000000489. The highest BCUT2D eigenvalue weighted by Gasteiger charge is 1.99. The number of halogens is 3. The molecule has 2 aromatic rings. The van der Waals surface area contributed by atoms with Crippen molar-refractivity contribution in [1.82, 2.24) is 0 Å². The highest BCUT2D eigenvalue weighted by Crippen LogP contribution is 2.20. The standard InChI is InChI=1S/C12H8F2.C2H4O3.CH3Br/c13-11-5-1-3-9(7-11)10-4-2-6-12(14)8-10;3-1-2(4)5;1-2/h1-8H;3H,1H2,(H,4,5);1H3. The first-order valence-electron chi connectivity index (χ1n) is 5.75. The van der Waals surface area contributed by atoms with Crippen LogP contribution in [-0.2, 0) is 4.79 Å². The Bertz CT molecular complexity index is 519. The van der Waals surface area contributed by atoms with Crippen LogP contribution in [0.15, 0.2) is 48.5 Å². The number of benzene rings is 2. The zero-order valence-corrected chi connectivity index (χ0v) is 12.8. The lowest BCUT2D eigenvalue weighted by molar-refractivity contribution is -0.140. The van der Waals surface area contributed by atoms with Crippen LogP contribution in [0.2, 0.25) is 0 Å². The number of carbonyl (C=O) groups is 1. The molecule has 0 radical (unpaired) electrons. The number of carboxylic acids is 1. The van der Waals surface area contributed by atoms with Gasteiger partial charge in [-0.3, -0.25) is 0 Å². The fraction of sp³-hybridized carbons (Fsp3) is 0.133. The molecule has 0 amide bonds. The van der Waals surface area contributed by atoms with Gasteiger partial charge in [-0.25, -0.2) is 13.6 Å². The second kappa shape index (κ2) is 10.9. The predicted octanol–water partition coefficient (Wildman–Crippen LogP) is 3.71. The average molecular weight is 361 g/mol. The molecule has 0 bridgehead atoms. The molecule has 2 N–H and O–H groups in total. The molecule has 0 unspecified atom stereocenters. The minimum atomic E-state index is -1.19. The maximum Gasteiger partial charge on any atom is 0.329 e. The maximum absolute atomic E-state index is 12.9. The van der Waals surface area contributed by atoms with Crippen LogP contribution in [0.4, 0.5) is 8.78 Å². The van der Waals surface area contributed by atoms with Crippen molar-refractivity contribution in [3.8, 4) is 11.1 Å². The quantitative estimate of drug-likeness (QED) is 0.802. The molecule has 0 saturated heterocycles. The minimum absolute atomic E-state index is 0.313. The summed E-state index contributed by atoms with van der Waals surface area (Å²) in [6.45, 7) is -0.778. The van der Waals surface area contributed by atoms with Gasteiger partial charge in [0, 0.05) is 0 Å². The van der Waals surface area contributed by atoms with E-state index in [1.165, 1.54) is 24.3 Å². The van der Waals surface area contributed by atoms with Gasteiger partial charge in [0.2, 0.25) is 0 Å². The summed E-state index contributed by atoms with van der Waals surface area (Å²) < 4.78 is 25.7. The first kappa shape index (κ1) is 19.2. The van der Waals surface area contributed by atoms with Crippen LogP contribution >= 0.6 is 15.9 Å². The lowest BCUT2D eigenvalue weighted by Crippen LogP contribution is -1.98. The summed E-state index contributed by atoms with van der Waals surface area (Å²) >= 11 is 2.94. The molecule has 2 rings (SSSR count). The summed E-state index contributed by atoms with van der Waals surface area (Å²) in [6, 6.07) is 12.2. The summed E-state index contributed by atoms with van der Waals surface area (Å²) in [5.74, 6) is -0.00368. The van der Waals surface area contributed by atoms with Crippen molar-refractivity contribution in [2.45, 2.75) is 0 Å². The van der Waals surface area contributed by atoms with Gasteiger partial charge >= 0.3 is 5.97 Å². The number of rotatable bonds is 2. The molecule has 0 aliphatic heterocycles. The Morgan fingerprint density at radius 3 is 1.57 bits per heavy atom. The van der Waals surface area contributed by atoms with Crippen LogP contribution < -0.4 is 0 Å². The second-order valence-corrected chi connectivity index (χ2v) is 3.57. The largest absolute Gasteiger partial charge is 0.480 e. The van der Waals surface area contributed by atoms with Crippen molar-refractivity contribution in [2.24, 2.45) is 0 Å². The summed E-state index contributed by atoms with van der Waals surface area (Å²) in [5, 5.41) is 15.0. The van der Waals surface area contributed by atoms with Crippen molar-refractivity contribution < 1.29 is 23.8 Å². The number of hydrogen-bond donors (Lipinski definition) is 2. The monoisotopic (exact) mass is 360 g/mol. The molecule has 0 saturated carbocycles. The first-order valence-corrected chi connectivity index (χ1v) is 7.33. The normalized spacial score (nSPS) is 8.81. The number of aliphatic carboxylic acids is 1. The lowest BCUT2D eigenvalue weighted by atomic mass is 10.1. The van der Waals surface area contributed by atoms with Crippen molar-refractivity contribution in [3.63, 3.8) is 0 Å². The third kappa shape index (κ3) is 8.16. The van der Waals surface area contributed by atoms with E-state index in [0.717, 1.165) is 0 Å². The summed E-state index contributed by atoms with van der Waals surface area (Å²) in [6.07, 6.45) is 0. The van der Waals surface area contributed by atoms with E-state index < -0.39 is 12.6 Å². The van der Waals surface area contributed by atoms with Gasteiger partial charge in [-0.2, -0.15) is 0 Å². The van der Waals surface area contributed by atoms with Crippen LogP contribution in [0, 0.1) is 11.6 Å². The van der Waals surface area contributed by atoms with E-state index in [0.29, 0.717) is 11.1 Å². The molecule has 0 heterocycles. The molecule has 0 fully saturated rings. The van der Waals surface area contributed by atoms with Gasteiger partial charge in [-0.05, 0) is 41.2 Å². The number of aliphatic hydroxyl groups excluding tert-OH is 1. The molecule has 0 aliphatic rings. The topological polar surface area (TPSA) is 57.5 Å². The van der Waals surface area contributed by atoms with E-state index in [1.54, 1.807) is 24.3 Å². The van der Waals surface area contributed by atoms with E-state index >= 15 is 0 Å². The summed E-state index contributed by atoms with van der Waals surface area (Å²) in [4.78, 5) is 9.12. The second-order valence-electron chi connectivity index (χ2n) is 3.57. The van der Waals surface area contributed by atoms with E-state index in [2.05, 4.69) is 15.9 Å². The number of carboxylic acid groups (broad SMARTS) is 1. The van der Waals surface area contributed by atoms with Crippen molar-refractivity contribution in [1.29, 1.82) is 0 Å². The smallest absolute Gasteiger partial charge is 0.329 e. The highest BCUT2D eigenvalue weighted by atomic mass is 79.9. The Hall–Kier alpha value is -1.79. The van der Waals surface area contributed by atoms with Crippen molar-refractivity contribution in [2.75, 3.05) is 12.4 Å². The maximum atomic E-state index is 12.9. The molecule has 0 aliphatic carbocycles. The summed E-state index contributed by atoms with van der Waals surface area (Å²) in [7, 11) is 0. The van der Waals surface area contributed by atoms with Crippen molar-refractivity contribution in [3.05, 3.63) is 60.2 Å². The Kier molecular flexibility index (Phi) is 10.0. The predicted molar refractivity (Wildman–Crippen MR) is 81.4 cm³/mol. The Morgan fingerprint density at radius 1 is 1.00 bits per heavy atom. The summed E-state index contributed by atoms with van der Waals surface area (Å²) in [5.41, 5.74) is 1.37. The molecular weight excluding hydrogens is 346 g/mol. The van der Waals surface area contributed by atoms with Gasteiger partial charge < -0.3 is 10.2 Å². The van der Waals surface area contributed by atoms with Gasteiger partial charge in [0.15, 0.2) is 0 Å². The van der Waals surface area contributed by atoms with Gasteiger partial charge in [0.05, 0.1) is 0 Å². The SMILES string of the molecule is CBr.Fc1cccc(-c2cccc(F)c2)c1.O=C(O)CO. The molecule has 0 spiro atoms. The first-order chi connectivity index (χ1) is 10.0. The molecule has 6 heteroatoms. The fourth-order valence-corrected chi connectivity index (χ4v) is 1.34. The van der Waals surface area contributed by atoms with E-state index in [1.807, 2.05) is 5.83 Å². The van der Waals surface area contributed by atoms with Crippen molar-refractivity contribution >= 4 is 21.9 Å². The molecule has 21 heavy (non-hydrogen) atoms. The number of aliphatic hydroxyl groups is 1. The third-order valence-corrected chi connectivity index (χ3v) is 2.12. The highest BCUT2D eigenvalue weighted by molar-refractivity contribution is 9.08. The lowest BCUT2D eigenvalue weighted by Gasteiger charge is -2.01. The van der Waals surface area contributed by atoms with Gasteiger partial charge in [0.1, 0.15) is 18.2 Å². The van der Waals surface area contributed by atoms with E-state index in [9.17, 15) is 8.78 Å². The van der Waals surface area contributed by atoms with Crippen LogP contribution in [0.3, 0.4) is 0 Å². The molecular formula is C15H15BrF2O3. The average Bonchev–Trinajstić information content (AvgIpc) is 2.50. The molecule has 0 aromatic heterocycles. The van der Waals surface area contributed by atoms with E-state index in [-0.39, 0.29) is 11.6 Å². The Morgan fingerprint density at radius 2 is 1.33 bits per heavy atom. The van der Waals surface area contributed by atoms with Crippen LogP contribution in [0.25, 0.3) is 11.1 Å². The van der Waals surface area contributed by atoms with Gasteiger partial charge in [-0.1, -0.05) is 40.2 Å². The Labute approximate surface area is 130 Å². The zero-order valence-electron chi connectivity index (χ0n) is 11.3. The van der Waals surface area contributed by atoms with Crippen LogP contribution in [-0.4, -0.2) is 28.6 Å². The van der Waals surface area contributed by atoms with E-state index in [4.69, 9.17) is 15.0 Å². The van der Waals surface area contributed by atoms with Gasteiger partial charge in [-0.15, -0.1) is 0 Å². The molecule has 2 aromatic carbocycles. The van der Waals surface area contributed by atoms with Crippen LogP contribution in [0.5, 0.6) is 0 Å². The molecule has 114 valence electrons. The molecule has 3 nitrogen and oxygen atoms in total. The third-order valence-electron chi connectivity index (χ3n) is 2.12. The number of alkyl halides is 1. The fourth-order valence-electron chi connectivity index (χ4n) is 1.34. The van der Waals surface area contributed by atoms with Crippen LogP contribution in [0.1, 0.15) is 0 Å². The molecule has 0 atom stereocenters. The number of hydrogen-bond acceptors (Lipinski definition) is 2. The van der Waals surface area contributed by atoms with Gasteiger partial charge in [0.25, 0.3) is 0 Å². The minimum Gasteiger partial charge on any atom is -0.480 e.